The molecule has 272 valence electrons. The SMILES string of the molecule is c1ccc(-c2ccc(-c3ccc(N(c4c(-c5ccccc5)cccc4-c4ccccc4)c4cccc5c4ccc4ccccc45)c4c3oc3ccccc34)cc2)cc1. The fourth-order valence-electron chi connectivity index (χ4n) is 8.77. The molecular formula is C56H37NO. The number of furan rings is 1. The van der Waals surface area contributed by atoms with Crippen LogP contribution in [-0.2, 0) is 0 Å². The predicted octanol–water partition coefficient (Wildman–Crippen LogP) is 16.0. The number of hydrogen-bond donors (Lipinski definition) is 0. The van der Waals surface area contributed by atoms with Crippen LogP contribution < -0.4 is 4.90 Å². The maximum Gasteiger partial charge on any atom is 0.145 e. The van der Waals surface area contributed by atoms with Crippen LogP contribution in [0.2, 0.25) is 0 Å². The van der Waals surface area contributed by atoms with Crippen molar-refractivity contribution in [3.8, 4) is 44.5 Å². The van der Waals surface area contributed by atoms with E-state index in [2.05, 4.69) is 229 Å². The Hall–Kier alpha value is -7.68. The molecule has 11 rings (SSSR count). The first-order chi connectivity index (χ1) is 28.8. The van der Waals surface area contributed by atoms with Crippen LogP contribution in [0, 0.1) is 0 Å². The molecule has 0 unspecified atom stereocenters. The van der Waals surface area contributed by atoms with Crippen molar-refractivity contribution >= 4 is 60.5 Å². The van der Waals surface area contributed by atoms with Crippen molar-refractivity contribution in [3.05, 3.63) is 224 Å². The Kier molecular flexibility index (Phi) is 8.19. The summed E-state index contributed by atoms with van der Waals surface area (Å²) in [7, 11) is 0. The number of hydrogen-bond acceptors (Lipinski definition) is 2. The monoisotopic (exact) mass is 739 g/mol. The number of anilines is 3. The lowest BCUT2D eigenvalue weighted by molar-refractivity contribution is 0.670. The van der Waals surface area contributed by atoms with Gasteiger partial charge in [0.1, 0.15) is 11.2 Å². The zero-order valence-electron chi connectivity index (χ0n) is 31.7. The molecule has 10 aromatic carbocycles. The first-order valence-corrected chi connectivity index (χ1v) is 19.8. The fraction of sp³-hybridized carbons (Fsp3) is 0. The van der Waals surface area contributed by atoms with E-state index in [1.54, 1.807) is 0 Å². The first-order valence-electron chi connectivity index (χ1n) is 19.8. The van der Waals surface area contributed by atoms with Crippen molar-refractivity contribution in [2.24, 2.45) is 0 Å². The quantitative estimate of drug-likeness (QED) is 0.151. The largest absolute Gasteiger partial charge is 0.455 e. The van der Waals surface area contributed by atoms with Gasteiger partial charge in [-0.2, -0.15) is 0 Å². The van der Waals surface area contributed by atoms with Crippen LogP contribution in [0.25, 0.3) is 88.0 Å². The van der Waals surface area contributed by atoms with Crippen LogP contribution in [0.15, 0.2) is 229 Å². The molecule has 0 aliphatic rings. The standard InChI is InChI=1S/C56H37NO/c1-4-16-38(17-5-1)39-30-32-43(33-31-39)47-36-37-52(54-50-24-12-13-29-53(50)58-56(47)54)57(51-28-15-27-48-44-23-11-10-22-42(44)34-35-49(48)51)55-45(40-18-6-2-7-19-40)25-14-26-46(55)41-20-8-3-9-21-41/h1-37H. The van der Waals surface area contributed by atoms with Gasteiger partial charge in [-0.25, -0.2) is 0 Å². The molecule has 0 bridgehead atoms. The van der Waals surface area contributed by atoms with E-state index in [1.807, 2.05) is 0 Å². The molecule has 2 nitrogen and oxygen atoms in total. The van der Waals surface area contributed by atoms with Gasteiger partial charge in [0.25, 0.3) is 0 Å². The average molecular weight is 740 g/mol. The third-order valence-electron chi connectivity index (χ3n) is 11.5. The molecule has 11 aromatic rings. The normalized spacial score (nSPS) is 11.4. The summed E-state index contributed by atoms with van der Waals surface area (Å²) in [6.07, 6.45) is 0. The maximum atomic E-state index is 6.96. The van der Waals surface area contributed by atoms with Gasteiger partial charge >= 0.3 is 0 Å². The fourth-order valence-corrected chi connectivity index (χ4v) is 8.77. The lowest BCUT2D eigenvalue weighted by Crippen LogP contribution is -2.14. The van der Waals surface area contributed by atoms with Crippen molar-refractivity contribution < 1.29 is 4.42 Å². The van der Waals surface area contributed by atoms with Gasteiger partial charge in [0.05, 0.1) is 22.4 Å². The third-order valence-corrected chi connectivity index (χ3v) is 11.5. The maximum absolute atomic E-state index is 6.96. The van der Waals surface area contributed by atoms with E-state index in [1.165, 1.54) is 32.7 Å². The Labute approximate surface area is 337 Å². The molecule has 2 heteroatoms. The lowest BCUT2D eigenvalue weighted by atomic mass is 9.92. The van der Waals surface area contributed by atoms with Gasteiger partial charge < -0.3 is 9.32 Å². The smallest absolute Gasteiger partial charge is 0.145 e. The van der Waals surface area contributed by atoms with Gasteiger partial charge in [-0.05, 0) is 68.2 Å². The van der Waals surface area contributed by atoms with Crippen LogP contribution in [-0.4, -0.2) is 0 Å². The highest BCUT2D eigenvalue weighted by Crippen LogP contribution is 2.52. The van der Waals surface area contributed by atoms with E-state index >= 15 is 0 Å². The van der Waals surface area contributed by atoms with Gasteiger partial charge in [0, 0.05) is 27.5 Å². The summed E-state index contributed by atoms with van der Waals surface area (Å²) in [5.74, 6) is 0. The molecule has 58 heavy (non-hydrogen) atoms. The van der Waals surface area contributed by atoms with Crippen molar-refractivity contribution in [2.45, 2.75) is 0 Å². The van der Waals surface area contributed by atoms with Gasteiger partial charge in [0.2, 0.25) is 0 Å². The number of nitrogens with zero attached hydrogens (tertiary/aromatic N) is 1. The van der Waals surface area contributed by atoms with Crippen molar-refractivity contribution in [3.63, 3.8) is 0 Å². The molecule has 0 spiro atoms. The van der Waals surface area contributed by atoms with Crippen LogP contribution in [0.5, 0.6) is 0 Å². The van der Waals surface area contributed by atoms with Gasteiger partial charge in [-0.15, -0.1) is 0 Å². The summed E-state index contributed by atoms with van der Waals surface area (Å²) >= 11 is 0. The number of para-hydroxylation sites is 2. The van der Waals surface area contributed by atoms with Gasteiger partial charge in [-0.1, -0.05) is 200 Å². The molecule has 1 aromatic heterocycles. The topological polar surface area (TPSA) is 16.4 Å². The second-order valence-electron chi connectivity index (χ2n) is 14.8. The Morgan fingerprint density at radius 2 is 0.828 bits per heavy atom. The van der Waals surface area contributed by atoms with Crippen LogP contribution in [0.4, 0.5) is 17.1 Å². The molecule has 0 aliphatic heterocycles. The van der Waals surface area contributed by atoms with Crippen molar-refractivity contribution in [2.75, 3.05) is 4.90 Å². The average Bonchev–Trinajstić information content (AvgIpc) is 3.70. The molecule has 0 saturated heterocycles. The third kappa shape index (κ3) is 5.66. The molecule has 0 amide bonds. The van der Waals surface area contributed by atoms with Gasteiger partial charge in [0.15, 0.2) is 0 Å². The minimum absolute atomic E-state index is 0.857. The van der Waals surface area contributed by atoms with Crippen molar-refractivity contribution in [1.82, 2.24) is 0 Å². The summed E-state index contributed by atoms with van der Waals surface area (Å²) in [5, 5.41) is 6.98. The molecule has 0 aliphatic carbocycles. The zero-order chi connectivity index (χ0) is 38.4. The Balaban J connectivity index is 1.25. The summed E-state index contributed by atoms with van der Waals surface area (Å²) in [5.41, 5.74) is 14.1. The van der Waals surface area contributed by atoms with Crippen molar-refractivity contribution in [1.29, 1.82) is 0 Å². The number of rotatable bonds is 7. The highest BCUT2D eigenvalue weighted by Gasteiger charge is 2.27. The van der Waals surface area contributed by atoms with E-state index in [4.69, 9.17) is 4.42 Å². The summed E-state index contributed by atoms with van der Waals surface area (Å²) in [6.45, 7) is 0. The minimum Gasteiger partial charge on any atom is -0.455 e. The zero-order valence-corrected chi connectivity index (χ0v) is 31.7. The van der Waals surface area contributed by atoms with Crippen LogP contribution in [0.3, 0.4) is 0 Å². The molecule has 0 radical (unpaired) electrons. The Bertz CT molecular complexity index is 3200. The second kappa shape index (κ2) is 14.1. The first kappa shape index (κ1) is 33.6. The van der Waals surface area contributed by atoms with Gasteiger partial charge in [-0.3, -0.25) is 0 Å². The van der Waals surface area contributed by atoms with Crippen LogP contribution >= 0.6 is 0 Å². The lowest BCUT2D eigenvalue weighted by Gasteiger charge is -2.32. The molecule has 0 saturated carbocycles. The highest BCUT2D eigenvalue weighted by atomic mass is 16.3. The number of fused-ring (bicyclic) bond motifs is 6. The Morgan fingerprint density at radius 3 is 1.53 bits per heavy atom. The molecular weight excluding hydrogens is 703 g/mol. The van der Waals surface area contributed by atoms with Crippen LogP contribution in [0.1, 0.15) is 0 Å². The van der Waals surface area contributed by atoms with E-state index in [-0.39, 0.29) is 0 Å². The van der Waals surface area contributed by atoms with E-state index in [0.717, 1.165) is 72.4 Å². The summed E-state index contributed by atoms with van der Waals surface area (Å²) in [4.78, 5) is 2.51. The number of benzene rings is 10. The van der Waals surface area contributed by atoms with E-state index < -0.39 is 0 Å². The molecule has 0 atom stereocenters. The second-order valence-corrected chi connectivity index (χ2v) is 14.8. The molecule has 0 N–H and O–H groups in total. The predicted molar refractivity (Wildman–Crippen MR) is 245 cm³/mol. The highest BCUT2D eigenvalue weighted by molar-refractivity contribution is 6.20. The summed E-state index contributed by atoms with van der Waals surface area (Å²) in [6, 6.07) is 80.6. The summed E-state index contributed by atoms with van der Waals surface area (Å²) < 4.78 is 6.96. The van der Waals surface area contributed by atoms with E-state index in [9.17, 15) is 0 Å². The Morgan fingerprint density at radius 1 is 0.293 bits per heavy atom. The van der Waals surface area contributed by atoms with E-state index in [0.29, 0.717) is 0 Å². The minimum atomic E-state index is 0.857. The molecule has 1 heterocycles. The molecule has 0 fully saturated rings.